The first-order valence-corrected chi connectivity index (χ1v) is 7.69. The van der Waals surface area contributed by atoms with Crippen LogP contribution in [0.4, 0.5) is 11.6 Å². The molecule has 1 aromatic carbocycles. The van der Waals surface area contributed by atoms with Gasteiger partial charge in [0.1, 0.15) is 17.5 Å². The van der Waals surface area contributed by atoms with Gasteiger partial charge in [0.25, 0.3) is 0 Å². The lowest BCUT2D eigenvalue weighted by Gasteiger charge is -2.11. The van der Waals surface area contributed by atoms with Gasteiger partial charge in [-0.25, -0.2) is 19.5 Å². The lowest BCUT2D eigenvalue weighted by Crippen LogP contribution is -2.08. The number of para-hydroxylation sites is 1. The van der Waals surface area contributed by atoms with Crippen molar-refractivity contribution in [2.45, 2.75) is 20.4 Å². The maximum absolute atomic E-state index is 5.97. The molecule has 0 aliphatic heterocycles. The molecule has 120 valence electrons. The van der Waals surface area contributed by atoms with Crippen molar-refractivity contribution in [3.63, 3.8) is 0 Å². The number of nitrogens with one attached hydrogen (secondary N) is 1. The van der Waals surface area contributed by atoms with Crippen molar-refractivity contribution in [2.24, 2.45) is 0 Å². The van der Waals surface area contributed by atoms with Crippen molar-refractivity contribution >= 4 is 28.2 Å². The third kappa shape index (κ3) is 2.40. The number of nitrogen functional groups attached to an aromatic ring is 1. The summed E-state index contributed by atoms with van der Waals surface area (Å²) in [5, 5.41) is 8.86. The molecule has 0 aliphatic carbocycles. The van der Waals surface area contributed by atoms with Gasteiger partial charge in [0.05, 0.1) is 11.2 Å². The van der Waals surface area contributed by atoms with Crippen LogP contribution in [0.15, 0.2) is 36.5 Å². The highest BCUT2D eigenvalue weighted by Crippen LogP contribution is 2.24. The summed E-state index contributed by atoms with van der Waals surface area (Å²) in [5.41, 5.74) is 9.55. The number of anilines is 2. The van der Waals surface area contributed by atoms with Crippen molar-refractivity contribution < 1.29 is 0 Å². The molecule has 0 fully saturated rings. The second-order valence-corrected chi connectivity index (χ2v) is 5.71. The van der Waals surface area contributed by atoms with E-state index in [4.69, 9.17) is 10.7 Å². The molecule has 3 heterocycles. The van der Waals surface area contributed by atoms with Crippen LogP contribution < -0.4 is 11.1 Å². The van der Waals surface area contributed by atoms with Gasteiger partial charge in [0, 0.05) is 29.8 Å². The molecule has 0 radical (unpaired) electrons. The van der Waals surface area contributed by atoms with Crippen molar-refractivity contribution in [3.05, 3.63) is 53.6 Å². The number of benzene rings is 1. The van der Waals surface area contributed by atoms with Crippen molar-refractivity contribution in [1.82, 2.24) is 24.6 Å². The highest BCUT2D eigenvalue weighted by atomic mass is 15.3. The average molecular weight is 319 g/mol. The molecular formula is C17H17N7. The minimum atomic E-state index is 0.487. The molecule has 7 heteroatoms. The Morgan fingerprint density at radius 2 is 2.00 bits per heavy atom. The summed E-state index contributed by atoms with van der Waals surface area (Å²) in [6.45, 7) is 4.28. The number of rotatable bonds is 3. The summed E-state index contributed by atoms with van der Waals surface area (Å²) >= 11 is 0. The van der Waals surface area contributed by atoms with Crippen LogP contribution in [0.2, 0.25) is 0 Å². The summed E-state index contributed by atoms with van der Waals surface area (Å²) in [4.78, 5) is 13.1. The number of nitrogens with two attached hydrogens (primary N) is 1. The SMILES string of the molecule is Cc1cc2nc(NCc3cnc(C)nc3N)c3ccccc3n2n1. The summed E-state index contributed by atoms with van der Waals surface area (Å²) in [7, 11) is 0. The molecule has 24 heavy (non-hydrogen) atoms. The van der Waals surface area contributed by atoms with Crippen LogP contribution >= 0.6 is 0 Å². The third-order valence-electron chi connectivity index (χ3n) is 3.89. The number of hydrogen-bond acceptors (Lipinski definition) is 6. The predicted octanol–water partition coefficient (Wildman–Crippen LogP) is 2.48. The van der Waals surface area contributed by atoms with E-state index in [-0.39, 0.29) is 0 Å². The molecular weight excluding hydrogens is 302 g/mol. The second kappa shape index (κ2) is 5.45. The van der Waals surface area contributed by atoms with E-state index in [1.807, 2.05) is 48.7 Å². The molecule has 0 spiro atoms. The third-order valence-corrected chi connectivity index (χ3v) is 3.89. The van der Waals surface area contributed by atoms with E-state index >= 15 is 0 Å². The fourth-order valence-electron chi connectivity index (χ4n) is 2.74. The van der Waals surface area contributed by atoms with E-state index < -0.39 is 0 Å². The maximum Gasteiger partial charge on any atom is 0.158 e. The topological polar surface area (TPSA) is 94.0 Å². The van der Waals surface area contributed by atoms with E-state index in [9.17, 15) is 0 Å². The van der Waals surface area contributed by atoms with Gasteiger partial charge >= 0.3 is 0 Å². The zero-order valence-corrected chi connectivity index (χ0v) is 13.5. The molecule has 0 saturated carbocycles. The number of aryl methyl sites for hydroxylation is 2. The Morgan fingerprint density at radius 3 is 2.83 bits per heavy atom. The Balaban J connectivity index is 1.77. The van der Waals surface area contributed by atoms with Gasteiger partial charge in [-0.2, -0.15) is 5.10 Å². The summed E-state index contributed by atoms with van der Waals surface area (Å²) in [6, 6.07) is 10.00. The first-order valence-electron chi connectivity index (χ1n) is 7.69. The smallest absolute Gasteiger partial charge is 0.158 e. The van der Waals surface area contributed by atoms with Crippen molar-refractivity contribution in [3.8, 4) is 0 Å². The maximum atomic E-state index is 5.97. The van der Waals surface area contributed by atoms with Gasteiger partial charge in [0.2, 0.25) is 0 Å². The molecule has 0 atom stereocenters. The molecule has 0 saturated heterocycles. The minimum Gasteiger partial charge on any atom is -0.383 e. The molecule has 0 unspecified atom stereocenters. The highest BCUT2D eigenvalue weighted by molar-refractivity contribution is 5.91. The zero-order valence-electron chi connectivity index (χ0n) is 13.5. The van der Waals surface area contributed by atoms with Gasteiger partial charge in [0.15, 0.2) is 5.65 Å². The lowest BCUT2D eigenvalue weighted by atomic mass is 10.2. The monoisotopic (exact) mass is 319 g/mol. The largest absolute Gasteiger partial charge is 0.383 e. The fourth-order valence-corrected chi connectivity index (χ4v) is 2.74. The van der Waals surface area contributed by atoms with Gasteiger partial charge in [-0.05, 0) is 26.0 Å². The Bertz CT molecular complexity index is 1050. The van der Waals surface area contributed by atoms with Crippen LogP contribution in [-0.4, -0.2) is 24.6 Å². The number of hydrogen-bond donors (Lipinski definition) is 2. The lowest BCUT2D eigenvalue weighted by molar-refractivity contribution is 0.952. The molecule has 4 rings (SSSR count). The van der Waals surface area contributed by atoms with Crippen LogP contribution in [0.5, 0.6) is 0 Å². The molecule has 7 nitrogen and oxygen atoms in total. The van der Waals surface area contributed by atoms with E-state index in [1.54, 1.807) is 6.20 Å². The quantitative estimate of drug-likeness (QED) is 0.602. The predicted molar refractivity (Wildman–Crippen MR) is 93.7 cm³/mol. The number of fused-ring (bicyclic) bond motifs is 3. The van der Waals surface area contributed by atoms with Gasteiger partial charge < -0.3 is 11.1 Å². The van der Waals surface area contributed by atoms with E-state index in [0.717, 1.165) is 33.6 Å². The summed E-state index contributed by atoms with van der Waals surface area (Å²) in [6.07, 6.45) is 1.74. The standard InChI is InChI=1S/C17H17N7/c1-10-7-15-22-17(13-5-3-4-6-14(13)24(15)23-10)20-9-12-8-19-11(2)21-16(12)18/h3-8H,9H2,1-2H3,(H,20,22)(H2,18,19,21). The normalized spacial score (nSPS) is 11.2. The molecule has 3 aromatic heterocycles. The van der Waals surface area contributed by atoms with Crippen LogP contribution in [0, 0.1) is 13.8 Å². The summed E-state index contributed by atoms with van der Waals surface area (Å²) in [5.74, 6) is 1.94. The average Bonchev–Trinajstić information content (AvgIpc) is 2.94. The van der Waals surface area contributed by atoms with Crippen molar-refractivity contribution in [2.75, 3.05) is 11.1 Å². The molecule has 0 aliphatic rings. The molecule has 4 aromatic rings. The van der Waals surface area contributed by atoms with E-state index in [1.165, 1.54) is 0 Å². The van der Waals surface area contributed by atoms with Crippen LogP contribution in [-0.2, 0) is 6.54 Å². The van der Waals surface area contributed by atoms with E-state index in [0.29, 0.717) is 18.2 Å². The van der Waals surface area contributed by atoms with Crippen LogP contribution in [0.3, 0.4) is 0 Å². The molecule has 0 amide bonds. The number of aromatic nitrogens is 5. The van der Waals surface area contributed by atoms with Crippen LogP contribution in [0.25, 0.3) is 16.6 Å². The molecule has 0 bridgehead atoms. The van der Waals surface area contributed by atoms with Crippen molar-refractivity contribution in [1.29, 1.82) is 0 Å². The summed E-state index contributed by atoms with van der Waals surface area (Å²) < 4.78 is 1.86. The zero-order chi connectivity index (χ0) is 16.7. The Kier molecular flexibility index (Phi) is 3.26. The first kappa shape index (κ1) is 14.4. The Labute approximate surface area is 138 Å². The van der Waals surface area contributed by atoms with Crippen LogP contribution in [0.1, 0.15) is 17.1 Å². The number of nitrogens with zero attached hydrogens (tertiary/aromatic N) is 5. The molecule has 3 N–H and O–H groups in total. The van der Waals surface area contributed by atoms with Gasteiger partial charge in [-0.15, -0.1) is 0 Å². The highest BCUT2D eigenvalue weighted by Gasteiger charge is 2.10. The van der Waals surface area contributed by atoms with Gasteiger partial charge in [-0.1, -0.05) is 12.1 Å². The van der Waals surface area contributed by atoms with Gasteiger partial charge in [-0.3, -0.25) is 0 Å². The fraction of sp³-hybridized carbons (Fsp3) is 0.176. The minimum absolute atomic E-state index is 0.487. The Morgan fingerprint density at radius 1 is 1.17 bits per heavy atom. The first-order chi connectivity index (χ1) is 11.6. The van der Waals surface area contributed by atoms with E-state index in [2.05, 4.69) is 20.4 Å². The second-order valence-electron chi connectivity index (χ2n) is 5.71. The Hall–Kier alpha value is -3.22.